The third-order valence-electron chi connectivity index (χ3n) is 1.34. The second-order valence-corrected chi connectivity index (χ2v) is 3.58. The lowest BCUT2D eigenvalue weighted by molar-refractivity contribution is 0.215. The molecule has 1 aromatic heterocycles. The van der Waals surface area contributed by atoms with Crippen molar-refractivity contribution in [2.45, 2.75) is 0 Å². The van der Waals surface area contributed by atoms with Gasteiger partial charge in [-0.15, -0.1) is 11.3 Å². The third kappa shape index (κ3) is 2.23. The minimum atomic E-state index is 1.10. The summed E-state index contributed by atoms with van der Waals surface area (Å²) in [6.45, 7) is 0. The summed E-state index contributed by atoms with van der Waals surface area (Å²) in [5, 5.41) is 4.90. The molecular formula is C8H12N2OS. The maximum atomic E-state index is 4.58. The number of thiophene rings is 1. The molecule has 1 rings (SSSR count). The van der Waals surface area contributed by atoms with Gasteiger partial charge in [-0.3, -0.25) is 0 Å². The highest BCUT2D eigenvalue weighted by Gasteiger charge is 1.98. The molecule has 0 amide bonds. The first-order chi connectivity index (χ1) is 5.74. The molecule has 4 heteroatoms. The van der Waals surface area contributed by atoms with E-state index in [2.05, 4.69) is 21.0 Å². The number of nitrogens with zero attached hydrogens (tertiary/aromatic N) is 2. The molecule has 66 valence electrons. The number of rotatable bonds is 3. The maximum Gasteiger partial charge on any atom is 0.106 e. The first kappa shape index (κ1) is 9.06. The molecular weight excluding hydrogens is 172 g/mol. The molecule has 0 spiro atoms. The average molecular weight is 184 g/mol. The summed E-state index contributed by atoms with van der Waals surface area (Å²) in [6, 6.07) is 4.07. The second-order valence-electron chi connectivity index (χ2n) is 2.49. The van der Waals surface area contributed by atoms with Crippen LogP contribution in [0.25, 0.3) is 0 Å². The van der Waals surface area contributed by atoms with Crippen molar-refractivity contribution in [1.82, 2.24) is 0 Å². The highest BCUT2D eigenvalue weighted by Crippen LogP contribution is 2.22. The number of oxime groups is 1. The molecule has 0 fully saturated rings. The molecule has 12 heavy (non-hydrogen) atoms. The molecule has 0 aliphatic rings. The SMILES string of the molecule is CO/N=C/c1ccc(N(C)C)s1. The van der Waals surface area contributed by atoms with Crippen molar-refractivity contribution >= 4 is 22.6 Å². The molecule has 0 N–H and O–H groups in total. The normalized spacial score (nSPS) is 10.6. The topological polar surface area (TPSA) is 24.8 Å². The predicted octanol–water partition coefficient (Wildman–Crippen LogP) is 1.79. The Hall–Kier alpha value is -1.03. The molecule has 0 aliphatic carbocycles. The lowest BCUT2D eigenvalue weighted by Gasteiger charge is -2.06. The van der Waals surface area contributed by atoms with E-state index >= 15 is 0 Å². The van der Waals surface area contributed by atoms with Crippen LogP contribution in [0.2, 0.25) is 0 Å². The van der Waals surface area contributed by atoms with Crippen molar-refractivity contribution in [1.29, 1.82) is 0 Å². The van der Waals surface area contributed by atoms with Crippen LogP contribution in [0.15, 0.2) is 17.3 Å². The Balaban J connectivity index is 2.70. The fourth-order valence-electron chi connectivity index (χ4n) is 0.757. The number of anilines is 1. The summed E-state index contributed by atoms with van der Waals surface area (Å²) in [5.74, 6) is 0. The van der Waals surface area contributed by atoms with Crippen LogP contribution in [0.5, 0.6) is 0 Å². The molecule has 0 unspecified atom stereocenters. The van der Waals surface area contributed by atoms with Crippen molar-refractivity contribution in [3.8, 4) is 0 Å². The van der Waals surface area contributed by atoms with Gasteiger partial charge in [-0.05, 0) is 12.1 Å². The summed E-state index contributed by atoms with van der Waals surface area (Å²) in [6.07, 6.45) is 1.71. The van der Waals surface area contributed by atoms with Gasteiger partial charge in [0.05, 0.1) is 16.1 Å². The zero-order chi connectivity index (χ0) is 8.97. The fourth-order valence-corrected chi connectivity index (χ4v) is 1.55. The van der Waals surface area contributed by atoms with Gasteiger partial charge < -0.3 is 9.74 Å². The van der Waals surface area contributed by atoms with Gasteiger partial charge in [0, 0.05) is 14.1 Å². The molecule has 3 nitrogen and oxygen atoms in total. The lowest BCUT2D eigenvalue weighted by atomic mass is 10.5. The summed E-state index contributed by atoms with van der Waals surface area (Å²) >= 11 is 1.68. The van der Waals surface area contributed by atoms with Gasteiger partial charge in [0.15, 0.2) is 0 Å². The Morgan fingerprint density at radius 2 is 2.25 bits per heavy atom. The monoisotopic (exact) mass is 184 g/mol. The Morgan fingerprint density at radius 1 is 1.50 bits per heavy atom. The van der Waals surface area contributed by atoms with Crippen LogP contribution in [-0.4, -0.2) is 27.4 Å². The lowest BCUT2D eigenvalue weighted by Crippen LogP contribution is -2.05. The molecule has 0 radical (unpaired) electrons. The standard InChI is InChI=1S/C8H12N2OS/c1-10(2)8-5-4-7(12-8)6-9-11-3/h4-6H,1-3H3/b9-6+. The smallest absolute Gasteiger partial charge is 0.106 e. The largest absolute Gasteiger partial charge is 0.399 e. The van der Waals surface area contributed by atoms with E-state index in [0.29, 0.717) is 0 Å². The van der Waals surface area contributed by atoms with Crippen molar-refractivity contribution in [3.05, 3.63) is 17.0 Å². The molecule has 0 atom stereocenters. The molecule has 0 bridgehead atoms. The zero-order valence-corrected chi connectivity index (χ0v) is 8.26. The van der Waals surface area contributed by atoms with E-state index in [9.17, 15) is 0 Å². The molecule has 1 aromatic rings. The van der Waals surface area contributed by atoms with Crippen molar-refractivity contribution in [3.63, 3.8) is 0 Å². The third-order valence-corrected chi connectivity index (χ3v) is 2.53. The average Bonchev–Trinajstić information content (AvgIpc) is 2.48. The van der Waals surface area contributed by atoms with E-state index in [1.807, 2.05) is 20.2 Å². The van der Waals surface area contributed by atoms with Crippen molar-refractivity contribution in [2.24, 2.45) is 5.16 Å². The quantitative estimate of drug-likeness (QED) is 0.528. The number of hydrogen-bond acceptors (Lipinski definition) is 4. The maximum absolute atomic E-state index is 4.58. The van der Waals surface area contributed by atoms with Crippen molar-refractivity contribution in [2.75, 3.05) is 26.1 Å². The van der Waals surface area contributed by atoms with Crippen LogP contribution >= 0.6 is 11.3 Å². The Labute approximate surface area is 76.3 Å². The molecule has 0 saturated heterocycles. The van der Waals surface area contributed by atoms with Crippen LogP contribution in [-0.2, 0) is 4.84 Å². The fraction of sp³-hybridized carbons (Fsp3) is 0.375. The van der Waals surface area contributed by atoms with Gasteiger partial charge in [-0.25, -0.2) is 0 Å². The van der Waals surface area contributed by atoms with Gasteiger partial charge in [0.1, 0.15) is 7.11 Å². The van der Waals surface area contributed by atoms with Gasteiger partial charge in [0.25, 0.3) is 0 Å². The highest BCUT2D eigenvalue weighted by molar-refractivity contribution is 7.17. The van der Waals surface area contributed by atoms with Gasteiger partial charge >= 0.3 is 0 Å². The van der Waals surface area contributed by atoms with E-state index in [-0.39, 0.29) is 0 Å². The minimum absolute atomic E-state index is 1.10. The van der Waals surface area contributed by atoms with Gasteiger partial charge in [-0.2, -0.15) is 0 Å². The predicted molar refractivity (Wildman–Crippen MR) is 53.2 cm³/mol. The summed E-state index contributed by atoms with van der Waals surface area (Å²) < 4.78 is 0. The Kier molecular flexibility index (Phi) is 3.10. The summed E-state index contributed by atoms with van der Waals surface area (Å²) in [7, 11) is 5.57. The van der Waals surface area contributed by atoms with Crippen LogP contribution in [0.3, 0.4) is 0 Å². The van der Waals surface area contributed by atoms with Crippen LogP contribution in [0.1, 0.15) is 4.88 Å². The van der Waals surface area contributed by atoms with E-state index in [4.69, 9.17) is 0 Å². The van der Waals surface area contributed by atoms with E-state index in [1.54, 1.807) is 17.6 Å². The van der Waals surface area contributed by atoms with Gasteiger partial charge in [-0.1, -0.05) is 5.16 Å². The van der Waals surface area contributed by atoms with E-state index < -0.39 is 0 Å². The Morgan fingerprint density at radius 3 is 2.75 bits per heavy atom. The molecule has 0 saturated carbocycles. The van der Waals surface area contributed by atoms with Gasteiger partial charge in [0.2, 0.25) is 0 Å². The molecule has 1 heterocycles. The van der Waals surface area contributed by atoms with Crippen LogP contribution in [0.4, 0.5) is 5.00 Å². The summed E-state index contributed by atoms with van der Waals surface area (Å²) in [5.41, 5.74) is 0. The first-order valence-electron chi connectivity index (χ1n) is 3.57. The zero-order valence-electron chi connectivity index (χ0n) is 7.44. The van der Waals surface area contributed by atoms with E-state index in [0.717, 1.165) is 4.88 Å². The van der Waals surface area contributed by atoms with Crippen LogP contribution in [0, 0.1) is 0 Å². The van der Waals surface area contributed by atoms with E-state index in [1.165, 1.54) is 12.1 Å². The minimum Gasteiger partial charge on any atom is -0.399 e. The van der Waals surface area contributed by atoms with Crippen molar-refractivity contribution < 1.29 is 4.84 Å². The highest BCUT2D eigenvalue weighted by atomic mass is 32.1. The second kappa shape index (κ2) is 4.11. The van der Waals surface area contributed by atoms with Crippen LogP contribution < -0.4 is 4.90 Å². The summed E-state index contributed by atoms with van der Waals surface area (Å²) in [4.78, 5) is 7.74. The molecule has 0 aliphatic heterocycles. The first-order valence-corrected chi connectivity index (χ1v) is 4.39. The Bertz CT molecular complexity index is 268. The number of hydrogen-bond donors (Lipinski definition) is 0. The molecule has 0 aromatic carbocycles.